The van der Waals surface area contributed by atoms with Crippen molar-refractivity contribution in [2.24, 2.45) is 0 Å². The molecule has 0 aliphatic heterocycles. The fraction of sp³-hybridized carbons (Fsp3) is 0.200. The Balaban J connectivity index is 1.49. The van der Waals surface area contributed by atoms with Crippen LogP contribution in [0, 0.1) is 10.1 Å². The third-order valence-corrected chi connectivity index (χ3v) is 5.47. The van der Waals surface area contributed by atoms with E-state index in [0.29, 0.717) is 10.7 Å². The molecular weight excluding hydrogens is 362 g/mol. The van der Waals surface area contributed by atoms with Crippen LogP contribution in [0.2, 0.25) is 0 Å². The molecule has 0 saturated heterocycles. The van der Waals surface area contributed by atoms with Crippen molar-refractivity contribution in [2.75, 3.05) is 5.32 Å². The van der Waals surface area contributed by atoms with E-state index in [1.54, 1.807) is 0 Å². The van der Waals surface area contributed by atoms with E-state index in [2.05, 4.69) is 28.5 Å². The van der Waals surface area contributed by atoms with Crippen molar-refractivity contribution >= 4 is 28.1 Å². The molecule has 0 saturated carbocycles. The Morgan fingerprint density at radius 3 is 2.56 bits per heavy atom. The number of hydrogen-bond donors (Lipinski definition) is 1. The lowest BCUT2D eigenvalue weighted by Gasteiger charge is -2.16. The molecule has 3 aromatic rings. The number of aryl methyl sites for hydroxylation is 2. The van der Waals surface area contributed by atoms with Gasteiger partial charge in [-0.05, 0) is 55.0 Å². The van der Waals surface area contributed by atoms with Crippen molar-refractivity contribution in [1.29, 1.82) is 0 Å². The topological polar surface area (TPSA) is 85.1 Å². The third kappa shape index (κ3) is 3.73. The normalized spacial score (nSPS) is 13.0. The van der Waals surface area contributed by atoms with Gasteiger partial charge in [-0.25, -0.2) is 4.98 Å². The number of amides is 1. The van der Waals surface area contributed by atoms with Crippen molar-refractivity contribution < 1.29 is 9.72 Å². The highest BCUT2D eigenvalue weighted by atomic mass is 32.1. The molecule has 1 heterocycles. The fourth-order valence-corrected chi connectivity index (χ4v) is 3.98. The van der Waals surface area contributed by atoms with Crippen LogP contribution in [0.15, 0.2) is 47.8 Å². The molecule has 1 aliphatic carbocycles. The van der Waals surface area contributed by atoms with Gasteiger partial charge in [0.05, 0.1) is 10.6 Å². The van der Waals surface area contributed by atoms with Gasteiger partial charge in [0, 0.05) is 28.6 Å². The van der Waals surface area contributed by atoms with Crippen LogP contribution in [-0.4, -0.2) is 15.8 Å². The Morgan fingerprint density at radius 2 is 1.81 bits per heavy atom. The number of carbonyl (C=O) groups is 1. The van der Waals surface area contributed by atoms with Gasteiger partial charge in [0.25, 0.3) is 11.6 Å². The zero-order valence-corrected chi connectivity index (χ0v) is 15.3. The predicted octanol–water partition coefficient (Wildman–Crippen LogP) is 4.85. The zero-order chi connectivity index (χ0) is 18.8. The Labute approximate surface area is 160 Å². The molecule has 1 aromatic heterocycles. The van der Waals surface area contributed by atoms with E-state index in [9.17, 15) is 14.9 Å². The van der Waals surface area contributed by atoms with Gasteiger partial charge in [0.15, 0.2) is 5.13 Å². The average molecular weight is 379 g/mol. The Morgan fingerprint density at radius 1 is 1.07 bits per heavy atom. The molecule has 0 spiro atoms. The summed E-state index contributed by atoms with van der Waals surface area (Å²) in [7, 11) is 0. The highest BCUT2D eigenvalue weighted by Crippen LogP contribution is 2.29. The summed E-state index contributed by atoms with van der Waals surface area (Å²) in [6, 6.07) is 12.0. The molecule has 2 aromatic carbocycles. The molecule has 0 unspecified atom stereocenters. The number of nitrogens with zero attached hydrogens (tertiary/aromatic N) is 2. The molecule has 4 rings (SSSR count). The molecule has 6 nitrogen and oxygen atoms in total. The lowest BCUT2D eigenvalue weighted by atomic mass is 9.90. The summed E-state index contributed by atoms with van der Waals surface area (Å²) in [5.41, 5.74) is 5.02. The Kier molecular flexibility index (Phi) is 4.68. The number of benzene rings is 2. The molecule has 1 aliphatic rings. The molecule has 1 N–H and O–H groups in total. The van der Waals surface area contributed by atoms with Gasteiger partial charge in [-0.2, -0.15) is 0 Å². The molecular formula is C20H17N3O3S. The standard InChI is InChI=1S/C20H17N3O3S/c24-19(14-7-9-17(10-8-14)23(25)26)22-20-21-18(12-27-20)16-6-5-13-3-1-2-4-15(13)11-16/h5-12H,1-4H2,(H,21,22,24). The van der Waals surface area contributed by atoms with Crippen LogP contribution in [0.25, 0.3) is 11.3 Å². The Bertz CT molecular complexity index is 1010. The monoisotopic (exact) mass is 379 g/mol. The van der Waals surface area contributed by atoms with Crippen LogP contribution in [0.4, 0.5) is 10.8 Å². The summed E-state index contributed by atoms with van der Waals surface area (Å²) in [5, 5.41) is 15.9. The van der Waals surface area contributed by atoms with Gasteiger partial charge in [0.1, 0.15) is 0 Å². The second kappa shape index (κ2) is 7.28. The highest BCUT2D eigenvalue weighted by Gasteiger charge is 2.14. The maximum absolute atomic E-state index is 12.3. The number of thiazole rings is 1. The second-order valence-corrected chi connectivity index (χ2v) is 7.34. The van der Waals surface area contributed by atoms with E-state index in [-0.39, 0.29) is 11.6 Å². The van der Waals surface area contributed by atoms with E-state index >= 15 is 0 Å². The van der Waals surface area contributed by atoms with Crippen LogP contribution in [0.5, 0.6) is 0 Å². The molecule has 1 amide bonds. The first kappa shape index (κ1) is 17.4. The van der Waals surface area contributed by atoms with E-state index in [1.807, 2.05) is 5.38 Å². The third-order valence-electron chi connectivity index (χ3n) is 4.71. The SMILES string of the molecule is O=C(Nc1nc(-c2ccc3c(c2)CCCC3)cs1)c1ccc([N+](=O)[O-])cc1. The number of anilines is 1. The summed E-state index contributed by atoms with van der Waals surface area (Å²) in [6.07, 6.45) is 4.73. The number of hydrogen-bond acceptors (Lipinski definition) is 5. The summed E-state index contributed by atoms with van der Waals surface area (Å²) >= 11 is 1.36. The average Bonchev–Trinajstić information content (AvgIpc) is 3.16. The summed E-state index contributed by atoms with van der Waals surface area (Å²) in [6.45, 7) is 0. The zero-order valence-electron chi connectivity index (χ0n) is 14.5. The van der Waals surface area contributed by atoms with E-state index < -0.39 is 4.92 Å². The molecule has 0 radical (unpaired) electrons. The number of nitro benzene ring substituents is 1. The molecule has 7 heteroatoms. The molecule has 0 fully saturated rings. The Hall–Kier alpha value is -3.06. The number of carbonyl (C=O) groups excluding carboxylic acids is 1. The van der Waals surface area contributed by atoms with Crippen LogP contribution >= 0.6 is 11.3 Å². The van der Waals surface area contributed by atoms with Crippen molar-refractivity contribution in [3.8, 4) is 11.3 Å². The van der Waals surface area contributed by atoms with Gasteiger partial charge in [0.2, 0.25) is 0 Å². The second-order valence-electron chi connectivity index (χ2n) is 6.49. The van der Waals surface area contributed by atoms with Crippen LogP contribution in [-0.2, 0) is 12.8 Å². The van der Waals surface area contributed by atoms with E-state index in [1.165, 1.54) is 59.6 Å². The number of non-ortho nitro benzene ring substituents is 1. The number of rotatable bonds is 4. The van der Waals surface area contributed by atoms with Crippen LogP contribution < -0.4 is 5.32 Å². The largest absolute Gasteiger partial charge is 0.298 e. The fourth-order valence-electron chi connectivity index (χ4n) is 3.26. The van der Waals surface area contributed by atoms with Crippen molar-refractivity contribution in [3.05, 3.63) is 74.6 Å². The summed E-state index contributed by atoms with van der Waals surface area (Å²) in [5.74, 6) is -0.337. The van der Waals surface area contributed by atoms with E-state index in [0.717, 1.165) is 24.1 Å². The quantitative estimate of drug-likeness (QED) is 0.519. The minimum Gasteiger partial charge on any atom is -0.298 e. The smallest absolute Gasteiger partial charge is 0.269 e. The molecule has 0 atom stereocenters. The highest BCUT2D eigenvalue weighted by molar-refractivity contribution is 7.14. The van der Waals surface area contributed by atoms with Gasteiger partial charge in [-0.15, -0.1) is 11.3 Å². The lowest BCUT2D eigenvalue weighted by Crippen LogP contribution is -2.11. The lowest BCUT2D eigenvalue weighted by molar-refractivity contribution is -0.384. The molecule has 27 heavy (non-hydrogen) atoms. The number of aromatic nitrogens is 1. The number of nitrogens with one attached hydrogen (secondary N) is 1. The van der Waals surface area contributed by atoms with Gasteiger partial charge in [-0.3, -0.25) is 20.2 Å². The number of fused-ring (bicyclic) bond motifs is 1. The maximum atomic E-state index is 12.3. The van der Waals surface area contributed by atoms with Crippen molar-refractivity contribution in [1.82, 2.24) is 4.98 Å². The van der Waals surface area contributed by atoms with Gasteiger partial charge < -0.3 is 0 Å². The van der Waals surface area contributed by atoms with Crippen LogP contribution in [0.3, 0.4) is 0 Å². The van der Waals surface area contributed by atoms with Gasteiger partial charge in [-0.1, -0.05) is 12.1 Å². The first-order valence-electron chi connectivity index (χ1n) is 8.74. The number of nitro groups is 1. The predicted molar refractivity (Wildman–Crippen MR) is 105 cm³/mol. The van der Waals surface area contributed by atoms with Crippen molar-refractivity contribution in [2.45, 2.75) is 25.7 Å². The molecule has 0 bridgehead atoms. The van der Waals surface area contributed by atoms with E-state index in [4.69, 9.17) is 0 Å². The van der Waals surface area contributed by atoms with Crippen molar-refractivity contribution in [3.63, 3.8) is 0 Å². The first-order valence-corrected chi connectivity index (χ1v) is 9.61. The van der Waals surface area contributed by atoms with Crippen LogP contribution in [0.1, 0.15) is 34.3 Å². The summed E-state index contributed by atoms with van der Waals surface area (Å²) in [4.78, 5) is 27.0. The molecule has 136 valence electrons. The summed E-state index contributed by atoms with van der Waals surface area (Å²) < 4.78 is 0. The minimum atomic E-state index is -0.493. The minimum absolute atomic E-state index is 0.0458. The first-order chi connectivity index (χ1) is 13.1. The maximum Gasteiger partial charge on any atom is 0.269 e. The van der Waals surface area contributed by atoms with Gasteiger partial charge >= 0.3 is 0 Å².